The van der Waals surface area contributed by atoms with E-state index in [4.69, 9.17) is 0 Å². The Labute approximate surface area is 93.6 Å². The summed E-state index contributed by atoms with van der Waals surface area (Å²) in [5.41, 5.74) is 0. The van der Waals surface area contributed by atoms with Gasteiger partial charge in [0, 0.05) is 19.1 Å². The summed E-state index contributed by atoms with van der Waals surface area (Å²) in [6.07, 6.45) is 5.55. The Bertz CT molecular complexity index is 178. The molecule has 0 amide bonds. The number of nitrogens with zero attached hydrogens (tertiary/aromatic N) is 1. The molecule has 0 bridgehead atoms. The topological polar surface area (TPSA) is 27.3 Å². The summed E-state index contributed by atoms with van der Waals surface area (Å²) in [5.74, 6) is 0.948. The molecule has 2 aliphatic heterocycles. The van der Waals surface area contributed by atoms with Gasteiger partial charge in [-0.05, 0) is 58.3 Å². The van der Waals surface area contributed by atoms with Crippen LogP contribution in [0.3, 0.4) is 0 Å². The third-order valence-electron chi connectivity index (χ3n) is 3.89. The molecule has 0 saturated carbocycles. The highest BCUT2D eigenvalue weighted by Gasteiger charge is 2.26. The van der Waals surface area contributed by atoms with Crippen LogP contribution in [-0.4, -0.2) is 50.7 Å². The molecule has 3 heteroatoms. The predicted octanol–water partition coefficient (Wildman–Crippen LogP) is 0.670. The number of piperidine rings is 1. The molecule has 2 heterocycles. The highest BCUT2D eigenvalue weighted by atomic mass is 15.2. The van der Waals surface area contributed by atoms with Crippen LogP contribution in [0.2, 0.25) is 0 Å². The summed E-state index contributed by atoms with van der Waals surface area (Å²) >= 11 is 0. The highest BCUT2D eigenvalue weighted by Crippen LogP contribution is 2.21. The lowest BCUT2D eigenvalue weighted by Crippen LogP contribution is -2.41. The van der Waals surface area contributed by atoms with E-state index in [-0.39, 0.29) is 0 Å². The van der Waals surface area contributed by atoms with E-state index in [0.717, 1.165) is 12.0 Å². The lowest BCUT2D eigenvalue weighted by Gasteiger charge is -2.31. The molecule has 0 radical (unpaired) electrons. The fourth-order valence-electron chi connectivity index (χ4n) is 3.00. The van der Waals surface area contributed by atoms with Gasteiger partial charge in [-0.15, -0.1) is 0 Å². The Morgan fingerprint density at radius 2 is 2.07 bits per heavy atom. The third-order valence-corrected chi connectivity index (χ3v) is 3.89. The monoisotopic (exact) mass is 211 g/mol. The first-order chi connectivity index (χ1) is 7.40. The van der Waals surface area contributed by atoms with E-state index in [1.54, 1.807) is 0 Å². The van der Waals surface area contributed by atoms with Crippen LogP contribution in [0.15, 0.2) is 0 Å². The first kappa shape index (κ1) is 11.4. The van der Waals surface area contributed by atoms with Crippen molar-refractivity contribution in [2.75, 3.05) is 39.8 Å². The Morgan fingerprint density at radius 1 is 1.27 bits per heavy atom. The van der Waals surface area contributed by atoms with Crippen molar-refractivity contribution >= 4 is 0 Å². The van der Waals surface area contributed by atoms with Crippen LogP contribution in [0.4, 0.5) is 0 Å². The standard InChI is InChI=1S/C12H25N3/c1-13-9-12-3-2-8-15(12)10-11-4-6-14-7-5-11/h11-14H,2-10H2,1H3. The molecule has 0 aliphatic carbocycles. The smallest absolute Gasteiger partial charge is 0.0221 e. The minimum Gasteiger partial charge on any atom is -0.318 e. The summed E-state index contributed by atoms with van der Waals surface area (Å²) in [5, 5.41) is 6.77. The second-order valence-electron chi connectivity index (χ2n) is 5.04. The summed E-state index contributed by atoms with van der Waals surface area (Å²) in [7, 11) is 2.07. The average Bonchev–Trinajstić information content (AvgIpc) is 2.68. The van der Waals surface area contributed by atoms with Gasteiger partial charge in [0.1, 0.15) is 0 Å². The maximum atomic E-state index is 3.45. The molecule has 2 N–H and O–H groups in total. The van der Waals surface area contributed by atoms with Crippen LogP contribution in [-0.2, 0) is 0 Å². The van der Waals surface area contributed by atoms with Crippen molar-refractivity contribution in [2.45, 2.75) is 31.7 Å². The highest BCUT2D eigenvalue weighted by molar-refractivity contribution is 4.83. The van der Waals surface area contributed by atoms with E-state index in [9.17, 15) is 0 Å². The Kier molecular flexibility index (Phi) is 4.42. The van der Waals surface area contributed by atoms with Crippen LogP contribution in [0.5, 0.6) is 0 Å². The van der Waals surface area contributed by atoms with Crippen molar-refractivity contribution in [3.8, 4) is 0 Å². The number of hydrogen-bond acceptors (Lipinski definition) is 3. The van der Waals surface area contributed by atoms with Gasteiger partial charge in [-0.2, -0.15) is 0 Å². The molecule has 0 spiro atoms. The summed E-state index contributed by atoms with van der Waals surface area (Å²) in [6, 6.07) is 0.810. The molecule has 0 aromatic heterocycles. The Balaban J connectivity index is 1.76. The van der Waals surface area contributed by atoms with E-state index >= 15 is 0 Å². The van der Waals surface area contributed by atoms with Crippen LogP contribution in [0.25, 0.3) is 0 Å². The largest absolute Gasteiger partial charge is 0.318 e. The molecule has 2 aliphatic rings. The van der Waals surface area contributed by atoms with Gasteiger partial charge in [0.25, 0.3) is 0 Å². The van der Waals surface area contributed by atoms with Crippen LogP contribution < -0.4 is 10.6 Å². The fraction of sp³-hybridized carbons (Fsp3) is 1.00. The van der Waals surface area contributed by atoms with E-state index < -0.39 is 0 Å². The van der Waals surface area contributed by atoms with Crippen molar-refractivity contribution in [1.82, 2.24) is 15.5 Å². The zero-order valence-corrected chi connectivity index (χ0v) is 9.97. The molecule has 3 nitrogen and oxygen atoms in total. The second kappa shape index (κ2) is 5.83. The Hall–Kier alpha value is -0.120. The average molecular weight is 211 g/mol. The van der Waals surface area contributed by atoms with Gasteiger partial charge in [0.15, 0.2) is 0 Å². The van der Waals surface area contributed by atoms with Gasteiger partial charge in [0.2, 0.25) is 0 Å². The van der Waals surface area contributed by atoms with Crippen LogP contribution >= 0.6 is 0 Å². The van der Waals surface area contributed by atoms with E-state index in [0.29, 0.717) is 0 Å². The first-order valence-electron chi connectivity index (χ1n) is 6.49. The number of nitrogens with one attached hydrogen (secondary N) is 2. The van der Waals surface area contributed by atoms with Crippen molar-refractivity contribution in [3.05, 3.63) is 0 Å². The SMILES string of the molecule is CNCC1CCCN1CC1CCNCC1. The zero-order valence-electron chi connectivity index (χ0n) is 9.97. The zero-order chi connectivity index (χ0) is 10.5. The fourth-order valence-corrected chi connectivity index (χ4v) is 3.00. The van der Waals surface area contributed by atoms with Crippen molar-refractivity contribution in [3.63, 3.8) is 0 Å². The molecule has 1 atom stereocenters. The van der Waals surface area contributed by atoms with Gasteiger partial charge in [-0.1, -0.05) is 0 Å². The molecule has 88 valence electrons. The van der Waals surface area contributed by atoms with E-state index in [1.807, 2.05) is 0 Å². The normalized spacial score (nSPS) is 29.8. The van der Waals surface area contributed by atoms with Crippen LogP contribution in [0, 0.1) is 5.92 Å². The molecule has 2 rings (SSSR count). The molecule has 1 unspecified atom stereocenters. The molecule has 15 heavy (non-hydrogen) atoms. The molecule has 2 fully saturated rings. The number of rotatable bonds is 4. The maximum Gasteiger partial charge on any atom is 0.0221 e. The number of likely N-dealkylation sites (tertiary alicyclic amines) is 1. The molecule has 2 saturated heterocycles. The van der Waals surface area contributed by atoms with Gasteiger partial charge in [-0.3, -0.25) is 4.90 Å². The van der Waals surface area contributed by atoms with Gasteiger partial charge in [-0.25, -0.2) is 0 Å². The van der Waals surface area contributed by atoms with Crippen molar-refractivity contribution in [2.24, 2.45) is 5.92 Å². The third kappa shape index (κ3) is 3.16. The predicted molar refractivity (Wildman–Crippen MR) is 64.1 cm³/mol. The van der Waals surface area contributed by atoms with Gasteiger partial charge in [0.05, 0.1) is 0 Å². The van der Waals surface area contributed by atoms with Crippen LogP contribution in [0.1, 0.15) is 25.7 Å². The van der Waals surface area contributed by atoms with E-state index in [2.05, 4.69) is 22.6 Å². The minimum atomic E-state index is 0.810. The summed E-state index contributed by atoms with van der Waals surface area (Å²) in [4.78, 5) is 2.71. The molecule has 0 aromatic carbocycles. The summed E-state index contributed by atoms with van der Waals surface area (Å²) in [6.45, 7) is 6.31. The Morgan fingerprint density at radius 3 is 2.80 bits per heavy atom. The summed E-state index contributed by atoms with van der Waals surface area (Å²) < 4.78 is 0. The lowest BCUT2D eigenvalue weighted by atomic mass is 9.97. The maximum absolute atomic E-state index is 3.45. The lowest BCUT2D eigenvalue weighted by molar-refractivity contribution is 0.190. The molecular weight excluding hydrogens is 186 g/mol. The van der Waals surface area contributed by atoms with E-state index in [1.165, 1.54) is 58.4 Å². The molecule has 0 aromatic rings. The van der Waals surface area contributed by atoms with Gasteiger partial charge >= 0.3 is 0 Å². The quantitative estimate of drug-likeness (QED) is 0.716. The number of hydrogen-bond donors (Lipinski definition) is 2. The second-order valence-corrected chi connectivity index (χ2v) is 5.04. The van der Waals surface area contributed by atoms with Crippen molar-refractivity contribution in [1.29, 1.82) is 0 Å². The number of likely N-dealkylation sites (N-methyl/N-ethyl adjacent to an activating group) is 1. The van der Waals surface area contributed by atoms with Gasteiger partial charge < -0.3 is 10.6 Å². The molecular formula is C12H25N3. The van der Waals surface area contributed by atoms with Crippen molar-refractivity contribution < 1.29 is 0 Å². The minimum absolute atomic E-state index is 0.810. The first-order valence-corrected chi connectivity index (χ1v) is 6.49.